The van der Waals surface area contributed by atoms with Crippen LogP contribution in [0.4, 0.5) is 0 Å². The number of aliphatic hydroxyl groups is 4. The largest absolute Gasteiger partial charge is 1.00 e. The lowest BCUT2D eigenvalue weighted by atomic mass is 9.99. The number of halogens is 4. The van der Waals surface area contributed by atoms with E-state index in [1.807, 2.05) is 0 Å². The first-order valence-corrected chi connectivity index (χ1v) is 23.2. The first-order chi connectivity index (χ1) is 25.6. The molecular formula is C46H102Cl4N4O5. The molecule has 4 N–H and O–H groups in total. The quantitative estimate of drug-likeness (QED) is 0.0371. The Hall–Kier alpha value is 0.800. The van der Waals surface area contributed by atoms with Crippen molar-refractivity contribution in [3.8, 4) is 0 Å². The van der Waals surface area contributed by atoms with E-state index in [1.54, 1.807) is 0 Å². The number of quaternary nitrogens is 4. The Balaban J connectivity index is -0.00000243. The molecule has 59 heavy (non-hydrogen) atoms. The van der Waals surface area contributed by atoms with Gasteiger partial charge in [0.1, 0.15) is 49.6 Å². The van der Waals surface area contributed by atoms with Gasteiger partial charge in [-0.25, -0.2) is 0 Å². The topological polar surface area (TPSA) is 90.2 Å². The van der Waals surface area contributed by atoms with E-state index in [0.29, 0.717) is 34.9 Å². The fourth-order valence-electron chi connectivity index (χ4n) is 8.60. The van der Waals surface area contributed by atoms with Gasteiger partial charge in [0.25, 0.3) is 0 Å². The average Bonchev–Trinajstić information content (AvgIpc) is 3.06. The van der Waals surface area contributed by atoms with E-state index in [4.69, 9.17) is 4.74 Å². The van der Waals surface area contributed by atoms with E-state index in [9.17, 15) is 20.4 Å². The Bertz CT molecular complexity index is 842. The first-order valence-electron chi connectivity index (χ1n) is 23.2. The van der Waals surface area contributed by atoms with Crippen LogP contribution >= 0.6 is 0 Å². The second kappa shape index (κ2) is 38.1. The number of nitrogens with zero attached hydrogens (tertiary/aromatic N) is 4. The summed E-state index contributed by atoms with van der Waals surface area (Å²) in [5.74, 6) is 0. The van der Waals surface area contributed by atoms with Crippen molar-refractivity contribution in [2.45, 2.75) is 192 Å². The molecule has 364 valence electrons. The van der Waals surface area contributed by atoms with Gasteiger partial charge in [-0.15, -0.1) is 0 Å². The number of hydrogen-bond donors (Lipinski definition) is 4. The van der Waals surface area contributed by atoms with Crippen LogP contribution < -0.4 is 49.6 Å². The van der Waals surface area contributed by atoms with Crippen LogP contribution in [0.1, 0.15) is 155 Å². The van der Waals surface area contributed by atoms with Gasteiger partial charge in [-0.1, -0.05) is 117 Å². The Morgan fingerprint density at radius 2 is 0.610 bits per heavy atom. The molecule has 0 saturated carbocycles. The highest BCUT2D eigenvalue weighted by molar-refractivity contribution is 4.76. The van der Waals surface area contributed by atoms with Gasteiger partial charge in [0, 0.05) is 12.8 Å². The predicted octanol–water partition coefficient (Wildman–Crippen LogP) is -4.61. The van der Waals surface area contributed by atoms with Gasteiger partial charge in [-0.05, 0) is 25.7 Å². The maximum Gasteiger partial charge on any atom is 0.129 e. The van der Waals surface area contributed by atoms with Crippen molar-refractivity contribution in [2.75, 3.05) is 110 Å². The number of ether oxygens (including phenoxy) is 1. The fourth-order valence-corrected chi connectivity index (χ4v) is 8.60. The minimum absolute atomic E-state index is 0. The molecule has 0 aliphatic carbocycles. The van der Waals surface area contributed by atoms with Crippen molar-refractivity contribution >= 4 is 0 Å². The monoisotopic (exact) mass is 931 g/mol. The minimum Gasteiger partial charge on any atom is -1.00 e. The van der Waals surface area contributed by atoms with Crippen molar-refractivity contribution < 1.29 is 92.7 Å². The maximum absolute atomic E-state index is 11.4. The zero-order chi connectivity index (χ0) is 42.0. The molecule has 0 spiro atoms. The maximum atomic E-state index is 11.4. The van der Waals surface area contributed by atoms with Crippen molar-refractivity contribution in [1.29, 1.82) is 0 Å². The molecule has 0 aromatic rings. The van der Waals surface area contributed by atoms with E-state index in [-0.39, 0.29) is 74.9 Å². The molecule has 6 atom stereocenters. The molecule has 13 heteroatoms. The van der Waals surface area contributed by atoms with Crippen LogP contribution in [0.3, 0.4) is 0 Å². The van der Waals surface area contributed by atoms with Crippen molar-refractivity contribution in [3.63, 3.8) is 0 Å². The number of unbranched alkanes of at least 4 members (excludes halogenated alkanes) is 18. The standard InChI is InChI=1S/C46H102N4O5.4ClH/c1-13-15-17-19-21-23-25-27-29-31-33-49(9,10)37-41(51)35-43(47(3,4)5)45(53)39-55-40-46(54)44(48(6,7)8)36-42(52)38-50(11,12)34-32-30-28-26-24-22-20-18-16-14-2;;;;/h41-46,51-54H,13-40H2,1-12H3;4*1H/q+4;;;;/p-4. The molecule has 0 aromatic heterocycles. The third-order valence-corrected chi connectivity index (χ3v) is 12.1. The normalized spacial score (nSPS) is 15.5. The lowest BCUT2D eigenvalue weighted by Gasteiger charge is -2.40. The summed E-state index contributed by atoms with van der Waals surface area (Å²) >= 11 is 0. The van der Waals surface area contributed by atoms with E-state index in [1.165, 1.54) is 128 Å². The molecule has 0 aliphatic heterocycles. The van der Waals surface area contributed by atoms with Gasteiger partial charge in [0.05, 0.1) is 96.8 Å². The smallest absolute Gasteiger partial charge is 0.129 e. The van der Waals surface area contributed by atoms with Gasteiger partial charge in [-0.2, -0.15) is 0 Å². The Labute approximate surface area is 392 Å². The third-order valence-electron chi connectivity index (χ3n) is 12.1. The zero-order valence-electron chi connectivity index (χ0n) is 40.8. The summed E-state index contributed by atoms with van der Waals surface area (Å²) in [6, 6.07) is -0.424. The summed E-state index contributed by atoms with van der Waals surface area (Å²) in [4.78, 5) is 0. The molecule has 6 unspecified atom stereocenters. The summed E-state index contributed by atoms with van der Waals surface area (Å²) < 4.78 is 8.59. The highest BCUT2D eigenvalue weighted by atomic mass is 35.5. The van der Waals surface area contributed by atoms with Gasteiger partial charge in [0.2, 0.25) is 0 Å². The lowest BCUT2D eigenvalue weighted by molar-refractivity contribution is -0.906. The predicted molar refractivity (Wildman–Crippen MR) is 235 cm³/mol. The second-order valence-corrected chi connectivity index (χ2v) is 20.9. The molecule has 0 amide bonds. The Morgan fingerprint density at radius 3 is 0.847 bits per heavy atom. The minimum atomic E-state index is -0.781. The number of hydrogen-bond acceptors (Lipinski definition) is 5. The molecule has 0 radical (unpaired) electrons. The Morgan fingerprint density at radius 1 is 0.373 bits per heavy atom. The number of rotatable bonds is 38. The number of likely N-dealkylation sites (N-methyl/N-ethyl adjacent to an activating group) is 4. The Kier molecular flexibility index (Phi) is 44.5. The molecule has 0 rings (SSSR count). The van der Waals surface area contributed by atoms with Crippen LogP contribution in [0.25, 0.3) is 0 Å². The van der Waals surface area contributed by atoms with Crippen LogP contribution in [0.2, 0.25) is 0 Å². The molecule has 0 heterocycles. The van der Waals surface area contributed by atoms with Gasteiger partial charge in [0.15, 0.2) is 0 Å². The van der Waals surface area contributed by atoms with Gasteiger partial charge in [-0.3, -0.25) is 0 Å². The van der Waals surface area contributed by atoms with Crippen LogP contribution in [-0.4, -0.2) is 185 Å². The lowest BCUT2D eigenvalue weighted by Crippen LogP contribution is -3.00. The average molecular weight is 933 g/mol. The highest BCUT2D eigenvalue weighted by Gasteiger charge is 2.38. The van der Waals surface area contributed by atoms with E-state index >= 15 is 0 Å². The summed E-state index contributed by atoms with van der Waals surface area (Å²) in [5, 5.41) is 45.2. The van der Waals surface area contributed by atoms with Gasteiger partial charge >= 0.3 is 0 Å². The van der Waals surface area contributed by atoms with Crippen LogP contribution in [0.5, 0.6) is 0 Å². The van der Waals surface area contributed by atoms with Gasteiger partial charge < -0.3 is 92.7 Å². The first kappa shape index (κ1) is 68.8. The van der Waals surface area contributed by atoms with Crippen LogP contribution in [-0.2, 0) is 4.74 Å². The molecule has 0 aliphatic rings. The van der Waals surface area contributed by atoms with Crippen molar-refractivity contribution in [1.82, 2.24) is 0 Å². The molecular weight excluding hydrogens is 830 g/mol. The summed E-state index contributed by atoms with van der Waals surface area (Å²) in [6.45, 7) is 8.13. The third kappa shape index (κ3) is 37.8. The summed E-state index contributed by atoms with van der Waals surface area (Å²) in [5.41, 5.74) is 0. The summed E-state index contributed by atoms with van der Waals surface area (Å²) in [7, 11) is 21.2. The second-order valence-electron chi connectivity index (χ2n) is 20.9. The van der Waals surface area contributed by atoms with E-state index in [2.05, 4.69) is 84.3 Å². The molecule has 0 bridgehead atoms. The fraction of sp³-hybridized carbons (Fsp3) is 1.00. The SMILES string of the molecule is CCCCCCCCCCCC[N+](C)(C)CC(O)CC(C(O)COCC(O)C(CC(O)C[N+](C)(C)CCCCCCCCCCCC)[N+](C)(C)C)[N+](C)(C)C.[Cl-].[Cl-].[Cl-].[Cl-]. The van der Waals surface area contributed by atoms with E-state index in [0.717, 1.165) is 22.1 Å². The molecule has 0 aromatic carbocycles. The van der Waals surface area contributed by atoms with E-state index < -0.39 is 24.4 Å². The van der Waals surface area contributed by atoms with Crippen LogP contribution in [0.15, 0.2) is 0 Å². The molecule has 9 nitrogen and oxygen atoms in total. The molecule has 0 fully saturated rings. The van der Waals surface area contributed by atoms with Crippen LogP contribution in [0, 0.1) is 0 Å². The molecule has 0 saturated heterocycles. The number of aliphatic hydroxyl groups excluding tert-OH is 4. The summed E-state index contributed by atoms with van der Waals surface area (Å²) in [6.07, 6.45) is 24.8. The van der Waals surface area contributed by atoms with Crippen molar-refractivity contribution in [2.24, 2.45) is 0 Å². The zero-order valence-corrected chi connectivity index (χ0v) is 43.8. The van der Waals surface area contributed by atoms with Crippen molar-refractivity contribution in [3.05, 3.63) is 0 Å². The highest BCUT2D eigenvalue weighted by Crippen LogP contribution is 2.21.